The quantitative estimate of drug-likeness (QED) is 0.765. The number of nitrogens with two attached hydrogens (primary N) is 1. The second kappa shape index (κ2) is 4.61. The van der Waals surface area contributed by atoms with Gasteiger partial charge in [-0.25, -0.2) is 0 Å². The lowest BCUT2D eigenvalue weighted by Gasteiger charge is -2.09. The van der Waals surface area contributed by atoms with Gasteiger partial charge in [0, 0.05) is 11.4 Å². The fourth-order valence-electron chi connectivity index (χ4n) is 1.41. The number of anilines is 2. The Labute approximate surface area is 98.7 Å². The Hall–Kier alpha value is -2.43. The molecule has 1 amide bonds. The summed E-state index contributed by atoms with van der Waals surface area (Å²) in [6.45, 7) is 1.86. The van der Waals surface area contributed by atoms with Gasteiger partial charge >= 0.3 is 0 Å². The molecule has 0 spiro atoms. The van der Waals surface area contributed by atoms with E-state index in [1.54, 1.807) is 24.3 Å². The van der Waals surface area contributed by atoms with Crippen molar-refractivity contribution in [1.29, 1.82) is 0 Å². The molecular formula is C12H12N4O. The molecule has 0 aliphatic rings. The molecule has 3 N–H and O–H groups in total. The molecule has 86 valence electrons. The van der Waals surface area contributed by atoms with Gasteiger partial charge in [-0.1, -0.05) is 6.07 Å². The number of hydrogen-bond donors (Lipinski definition) is 2. The van der Waals surface area contributed by atoms with Crippen LogP contribution >= 0.6 is 0 Å². The minimum absolute atomic E-state index is 0.228. The Morgan fingerprint density at radius 2 is 2.12 bits per heavy atom. The number of nitrogens with one attached hydrogen (secondary N) is 1. The van der Waals surface area contributed by atoms with Crippen LogP contribution in [0.25, 0.3) is 0 Å². The molecule has 0 atom stereocenters. The van der Waals surface area contributed by atoms with Crippen molar-refractivity contribution in [3.05, 3.63) is 47.8 Å². The van der Waals surface area contributed by atoms with Crippen molar-refractivity contribution in [2.75, 3.05) is 11.1 Å². The highest BCUT2D eigenvalue weighted by Crippen LogP contribution is 2.20. The van der Waals surface area contributed by atoms with Crippen LogP contribution in [0.4, 0.5) is 11.4 Å². The Kier molecular flexibility index (Phi) is 3.00. The molecule has 17 heavy (non-hydrogen) atoms. The first kappa shape index (κ1) is 11.1. The molecule has 5 nitrogen and oxygen atoms in total. The number of nitrogens with zero attached hydrogens (tertiary/aromatic N) is 2. The molecule has 0 radical (unpaired) electrons. The van der Waals surface area contributed by atoms with Gasteiger partial charge < -0.3 is 11.1 Å². The average Bonchev–Trinajstić information content (AvgIpc) is 2.36. The molecule has 0 bridgehead atoms. The van der Waals surface area contributed by atoms with Crippen molar-refractivity contribution in [3.8, 4) is 0 Å². The number of carbonyl (C=O) groups excluding carboxylic acids is 1. The van der Waals surface area contributed by atoms with Crippen molar-refractivity contribution in [1.82, 2.24) is 10.2 Å². The lowest BCUT2D eigenvalue weighted by molar-refractivity contribution is 0.102. The highest BCUT2D eigenvalue weighted by Gasteiger charge is 2.08. The number of nitrogen functional groups attached to an aromatic ring is 1. The van der Waals surface area contributed by atoms with Gasteiger partial charge in [0.25, 0.3) is 5.91 Å². The molecule has 1 aromatic heterocycles. The number of amides is 1. The summed E-state index contributed by atoms with van der Waals surface area (Å²) >= 11 is 0. The van der Waals surface area contributed by atoms with Crippen LogP contribution in [-0.2, 0) is 0 Å². The van der Waals surface area contributed by atoms with Crippen molar-refractivity contribution >= 4 is 17.3 Å². The number of aromatic nitrogens is 2. The second-order valence-corrected chi connectivity index (χ2v) is 3.61. The summed E-state index contributed by atoms with van der Waals surface area (Å²) in [5, 5.41) is 10.0. The number of hydrogen-bond acceptors (Lipinski definition) is 4. The largest absolute Gasteiger partial charge is 0.398 e. The second-order valence-electron chi connectivity index (χ2n) is 3.61. The fourth-order valence-corrected chi connectivity index (χ4v) is 1.41. The Balaban J connectivity index is 2.22. The summed E-state index contributed by atoms with van der Waals surface area (Å²) in [6, 6.07) is 6.99. The number of rotatable bonds is 2. The molecule has 0 unspecified atom stereocenters. The van der Waals surface area contributed by atoms with Crippen LogP contribution in [0.15, 0.2) is 36.7 Å². The third-order valence-electron chi connectivity index (χ3n) is 2.47. The minimum Gasteiger partial charge on any atom is -0.398 e. The molecule has 1 heterocycles. The Morgan fingerprint density at radius 3 is 2.82 bits per heavy atom. The first-order chi connectivity index (χ1) is 8.18. The minimum atomic E-state index is -0.228. The maximum Gasteiger partial charge on any atom is 0.257 e. The predicted octanol–water partition coefficient (Wildman–Crippen LogP) is 1.62. The molecule has 2 rings (SSSR count). The maximum absolute atomic E-state index is 11.9. The standard InChI is InChI=1S/C12H12N4O/c1-8-10(13)3-2-4-11(8)16-12(17)9-5-6-14-15-7-9/h2-7H,13H2,1H3,(H,16,17). The van der Waals surface area contributed by atoms with Gasteiger partial charge in [-0.3, -0.25) is 4.79 Å². The molecule has 0 fully saturated rings. The first-order valence-electron chi connectivity index (χ1n) is 5.11. The van der Waals surface area contributed by atoms with E-state index in [1.807, 2.05) is 6.92 Å². The van der Waals surface area contributed by atoms with Crippen LogP contribution in [0.5, 0.6) is 0 Å². The van der Waals surface area contributed by atoms with E-state index in [0.717, 1.165) is 5.56 Å². The zero-order valence-corrected chi connectivity index (χ0v) is 9.34. The first-order valence-corrected chi connectivity index (χ1v) is 5.11. The van der Waals surface area contributed by atoms with E-state index in [4.69, 9.17) is 5.73 Å². The van der Waals surface area contributed by atoms with Crippen molar-refractivity contribution in [3.63, 3.8) is 0 Å². The predicted molar refractivity (Wildman–Crippen MR) is 65.6 cm³/mol. The van der Waals surface area contributed by atoms with E-state index in [9.17, 15) is 4.79 Å². The third kappa shape index (κ3) is 2.39. The van der Waals surface area contributed by atoms with Gasteiger partial charge in [-0.2, -0.15) is 10.2 Å². The summed E-state index contributed by atoms with van der Waals surface area (Å²) in [5.74, 6) is -0.228. The highest BCUT2D eigenvalue weighted by atomic mass is 16.1. The lowest BCUT2D eigenvalue weighted by Crippen LogP contribution is -2.13. The topological polar surface area (TPSA) is 80.9 Å². The summed E-state index contributed by atoms with van der Waals surface area (Å²) < 4.78 is 0. The van der Waals surface area contributed by atoms with Gasteiger partial charge in [0.1, 0.15) is 0 Å². The van der Waals surface area contributed by atoms with Crippen LogP contribution in [0, 0.1) is 6.92 Å². The normalized spacial score (nSPS) is 9.94. The van der Waals surface area contributed by atoms with Gasteiger partial charge in [0.2, 0.25) is 0 Å². The number of benzene rings is 1. The van der Waals surface area contributed by atoms with Crippen LogP contribution in [0.3, 0.4) is 0 Å². The van der Waals surface area contributed by atoms with E-state index < -0.39 is 0 Å². The Morgan fingerprint density at radius 1 is 1.29 bits per heavy atom. The van der Waals surface area contributed by atoms with E-state index in [1.165, 1.54) is 12.4 Å². The summed E-state index contributed by atoms with van der Waals surface area (Å²) in [6.07, 6.45) is 2.89. The van der Waals surface area contributed by atoms with E-state index in [0.29, 0.717) is 16.9 Å². The molecule has 0 saturated heterocycles. The van der Waals surface area contributed by atoms with Gasteiger partial charge in [-0.15, -0.1) is 0 Å². The third-order valence-corrected chi connectivity index (χ3v) is 2.47. The summed E-state index contributed by atoms with van der Waals surface area (Å²) in [7, 11) is 0. The average molecular weight is 228 g/mol. The van der Waals surface area contributed by atoms with Crippen LogP contribution in [0.1, 0.15) is 15.9 Å². The molecule has 2 aromatic rings. The summed E-state index contributed by atoms with van der Waals surface area (Å²) in [5.41, 5.74) is 8.42. The maximum atomic E-state index is 11.9. The molecule has 0 aliphatic carbocycles. The van der Waals surface area contributed by atoms with E-state index in [2.05, 4.69) is 15.5 Å². The zero-order valence-electron chi connectivity index (χ0n) is 9.34. The van der Waals surface area contributed by atoms with E-state index >= 15 is 0 Å². The van der Waals surface area contributed by atoms with Gasteiger partial charge in [-0.05, 0) is 30.7 Å². The molecule has 5 heteroatoms. The fraction of sp³-hybridized carbons (Fsp3) is 0.0833. The van der Waals surface area contributed by atoms with Gasteiger partial charge in [0.05, 0.1) is 18.0 Å². The molecule has 1 aromatic carbocycles. The Bertz CT molecular complexity index is 539. The van der Waals surface area contributed by atoms with Crippen LogP contribution in [-0.4, -0.2) is 16.1 Å². The van der Waals surface area contributed by atoms with Crippen molar-refractivity contribution in [2.45, 2.75) is 6.92 Å². The monoisotopic (exact) mass is 228 g/mol. The van der Waals surface area contributed by atoms with Gasteiger partial charge in [0.15, 0.2) is 0 Å². The highest BCUT2D eigenvalue weighted by molar-refractivity contribution is 6.04. The SMILES string of the molecule is Cc1c(N)cccc1NC(=O)c1ccnnc1. The van der Waals surface area contributed by atoms with Crippen molar-refractivity contribution < 1.29 is 4.79 Å². The smallest absolute Gasteiger partial charge is 0.257 e. The van der Waals surface area contributed by atoms with Crippen LogP contribution in [0.2, 0.25) is 0 Å². The van der Waals surface area contributed by atoms with E-state index in [-0.39, 0.29) is 5.91 Å². The van der Waals surface area contributed by atoms with Crippen molar-refractivity contribution in [2.24, 2.45) is 0 Å². The lowest BCUT2D eigenvalue weighted by atomic mass is 10.1. The zero-order chi connectivity index (χ0) is 12.3. The molecule has 0 saturated carbocycles. The molecular weight excluding hydrogens is 216 g/mol. The van der Waals surface area contributed by atoms with Crippen LogP contribution < -0.4 is 11.1 Å². The summed E-state index contributed by atoms with van der Waals surface area (Å²) in [4.78, 5) is 11.9. The molecule has 0 aliphatic heterocycles. The number of carbonyl (C=O) groups is 1.